The number of hydrogen-bond acceptors (Lipinski definition) is 6. The molecule has 2 aromatic heterocycles. The van der Waals surface area contributed by atoms with Crippen LogP contribution in [0.1, 0.15) is 25.5 Å². The van der Waals surface area contributed by atoms with Crippen LogP contribution in [-0.4, -0.2) is 26.0 Å². The van der Waals surface area contributed by atoms with Gasteiger partial charge < -0.3 is 11.1 Å². The number of alkyl halides is 3. The molecule has 2 heterocycles. The molecule has 2 aromatic rings. The van der Waals surface area contributed by atoms with Crippen LogP contribution >= 0.6 is 0 Å². The summed E-state index contributed by atoms with van der Waals surface area (Å²) in [5.41, 5.74) is 4.83. The fourth-order valence-corrected chi connectivity index (χ4v) is 2.23. The zero-order valence-electron chi connectivity index (χ0n) is 12.3. The number of nitrogens with zero attached hydrogens (tertiary/aromatic N) is 4. The van der Waals surface area contributed by atoms with Gasteiger partial charge in [0.05, 0.1) is 0 Å². The van der Waals surface area contributed by atoms with Gasteiger partial charge in [0.15, 0.2) is 5.82 Å². The Bertz CT molecular complexity index is 714. The van der Waals surface area contributed by atoms with Crippen molar-refractivity contribution >= 4 is 11.9 Å². The quantitative estimate of drug-likeness (QED) is 0.899. The zero-order valence-corrected chi connectivity index (χ0v) is 12.3. The Balaban J connectivity index is 1.91. The minimum Gasteiger partial charge on any atom is -0.368 e. The zero-order chi connectivity index (χ0) is 16.6. The fraction of sp³-hybridized carbons (Fsp3) is 0.429. The molecule has 0 spiro atoms. The molecule has 1 saturated carbocycles. The van der Waals surface area contributed by atoms with Gasteiger partial charge in [-0.2, -0.15) is 28.1 Å². The number of nitrogens with two attached hydrogens (primary N) is 1. The number of aromatic nitrogens is 4. The highest BCUT2D eigenvalue weighted by Gasteiger charge is 2.33. The smallest absolute Gasteiger partial charge is 0.368 e. The lowest BCUT2D eigenvalue weighted by molar-refractivity contribution is -0.141. The third kappa shape index (κ3) is 3.66. The Labute approximate surface area is 130 Å². The van der Waals surface area contributed by atoms with Crippen molar-refractivity contribution in [2.75, 3.05) is 11.1 Å². The predicted molar refractivity (Wildman–Crippen MR) is 78.3 cm³/mol. The SMILES string of the molecule is CC(Nc1nc(N)nc(-c2ccnc(C(F)(F)F)c2)n1)C1CC1. The minimum absolute atomic E-state index is 0.0501. The molecule has 1 aliphatic carbocycles. The number of pyridine rings is 1. The summed E-state index contributed by atoms with van der Waals surface area (Å²) in [7, 11) is 0. The van der Waals surface area contributed by atoms with E-state index in [-0.39, 0.29) is 29.3 Å². The van der Waals surface area contributed by atoms with Gasteiger partial charge in [-0.05, 0) is 37.8 Å². The van der Waals surface area contributed by atoms with E-state index in [2.05, 4.69) is 25.3 Å². The predicted octanol–water partition coefficient (Wildman–Crippen LogP) is 2.75. The van der Waals surface area contributed by atoms with Crippen molar-refractivity contribution in [2.45, 2.75) is 32.0 Å². The van der Waals surface area contributed by atoms with Crippen molar-refractivity contribution in [1.82, 2.24) is 19.9 Å². The van der Waals surface area contributed by atoms with Crippen LogP contribution in [0.2, 0.25) is 0 Å². The molecular weight excluding hydrogens is 309 g/mol. The average molecular weight is 324 g/mol. The molecule has 0 amide bonds. The number of anilines is 2. The summed E-state index contributed by atoms with van der Waals surface area (Å²) >= 11 is 0. The Morgan fingerprint density at radius 2 is 2.00 bits per heavy atom. The molecule has 0 aromatic carbocycles. The lowest BCUT2D eigenvalue weighted by atomic mass is 10.2. The van der Waals surface area contributed by atoms with Gasteiger partial charge in [-0.15, -0.1) is 0 Å². The summed E-state index contributed by atoms with van der Waals surface area (Å²) in [4.78, 5) is 15.4. The lowest BCUT2D eigenvalue weighted by Crippen LogP contribution is -2.20. The van der Waals surface area contributed by atoms with Crippen molar-refractivity contribution in [3.63, 3.8) is 0 Å². The summed E-state index contributed by atoms with van der Waals surface area (Å²) in [6.45, 7) is 2.01. The summed E-state index contributed by atoms with van der Waals surface area (Å²) in [5.74, 6) is 0.855. The van der Waals surface area contributed by atoms with Gasteiger partial charge in [-0.1, -0.05) is 0 Å². The van der Waals surface area contributed by atoms with E-state index in [1.165, 1.54) is 6.07 Å². The second-order valence-corrected chi connectivity index (χ2v) is 5.54. The first-order valence-electron chi connectivity index (χ1n) is 7.14. The van der Waals surface area contributed by atoms with Gasteiger partial charge in [-0.25, -0.2) is 0 Å². The second-order valence-electron chi connectivity index (χ2n) is 5.54. The second kappa shape index (κ2) is 5.64. The van der Waals surface area contributed by atoms with Crippen LogP contribution in [-0.2, 0) is 6.18 Å². The molecular formula is C14H15F3N6. The van der Waals surface area contributed by atoms with Crippen LogP contribution in [0.4, 0.5) is 25.1 Å². The molecule has 0 saturated heterocycles. The van der Waals surface area contributed by atoms with Crippen LogP contribution in [0.25, 0.3) is 11.4 Å². The fourth-order valence-electron chi connectivity index (χ4n) is 2.23. The van der Waals surface area contributed by atoms with Gasteiger partial charge in [0.25, 0.3) is 0 Å². The third-order valence-corrected chi connectivity index (χ3v) is 3.65. The number of halogens is 3. The number of nitrogen functional groups attached to an aromatic ring is 1. The van der Waals surface area contributed by atoms with E-state index in [1.807, 2.05) is 6.92 Å². The largest absolute Gasteiger partial charge is 0.433 e. The Morgan fingerprint density at radius 1 is 1.26 bits per heavy atom. The van der Waals surface area contributed by atoms with E-state index in [1.54, 1.807) is 0 Å². The van der Waals surface area contributed by atoms with Gasteiger partial charge >= 0.3 is 6.18 Å². The molecule has 1 unspecified atom stereocenters. The summed E-state index contributed by atoms with van der Waals surface area (Å²) in [6.07, 6.45) is -1.18. The maximum atomic E-state index is 12.8. The molecule has 1 fully saturated rings. The molecule has 3 rings (SSSR count). The van der Waals surface area contributed by atoms with Crippen LogP contribution < -0.4 is 11.1 Å². The van der Waals surface area contributed by atoms with Crippen LogP contribution in [0.5, 0.6) is 0 Å². The topological polar surface area (TPSA) is 89.6 Å². The summed E-state index contributed by atoms with van der Waals surface area (Å²) in [5, 5.41) is 3.12. The van der Waals surface area contributed by atoms with Crippen molar-refractivity contribution in [3.05, 3.63) is 24.0 Å². The Hall–Kier alpha value is -2.45. The summed E-state index contributed by atoms with van der Waals surface area (Å²) < 4.78 is 38.3. The highest BCUT2D eigenvalue weighted by molar-refractivity contribution is 5.57. The maximum Gasteiger partial charge on any atom is 0.433 e. The van der Waals surface area contributed by atoms with Crippen molar-refractivity contribution in [1.29, 1.82) is 0 Å². The normalized spacial score (nSPS) is 16.2. The molecule has 1 atom stereocenters. The van der Waals surface area contributed by atoms with E-state index in [0.29, 0.717) is 5.92 Å². The van der Waals surface area contributed by atoms with E-state index in [9.17, 15) is 13.2 Å². The van der Waals surface area contributed by atoms with Crippen molar-refractivity contribution in [3.8, 4) is 11.4 Å². The Morgan fingerprint density at radius 3 is 2.65 bits per heavy atom. The first-order valence-corrected chi connectivity index (χ1v) is 7.14. The first kappa shape index (κ1) is 15.4. The average Bonchev–Trinajstić information content (AvgIpc) is 3.30. The van der Waals surface area contributed by atoms with Crippen molar-refractivity contribution < 1.29 is 13.2 Å². The van der Waals surface area contributed by atoms with Crippen molar-refractivity contribution in [2.24, 2.45) is 5.92 Å². The van der Waals surface area contributed by atoms with Crippen LogP contribution in [0.15, 0.2) is 18.3 Å². The molecule has 0 bridgehead atoms. The van der Waals surface area contributed by atoms with Gasteiger partial charge in [0.1, 0.15) is 5.69 Å². The number of hydrogen-bond donors (Lipinski definition) is 2. The highest BCUT2D eigenvalue weighted by atomic mass is 19.4. The molecule has 122 valence electrons. The molecule has 3 N–H and O–H groups in total. The molecule has 0 aliphatic heterocycles. The maximum absolute atomic E-state index is 12.8. The van der Waals surface area contributed by atoms with Gasteiger partial charge in [-0.3, -0.25) is 4.98 Å². The lowest BCUT2D eigenvalue weighted by Gasteiger charge is -2.13. The third-order valence-electron chi connectivity index (χ3n) is 3.65. The van der Waals surface area contributed by atoms with Crippen LogP contribution in [0, 0.1) is 5.92 Å². The van der Waals surface area contributed by atoms with E-state index in [0.717, 1.165) is 25.1 Å². The monoisotopic (exact) mass is 324 g/mol. The minimum atomic E-state index is -4.53. The summed E-state index contributed by atoms with van der Waals surface area (Å²) in [6, 6.07) is 2.47. The van der Waals surface area contributed by atoms with Gasteiger partial charge in [0, 0.05) is 17.8 Å². The molecule has 0 radical (unpaired) electrons. The number of rotatable bonds is 4. The standard InChI is InChI=1S/C14H15F3N6/c1-7(8-2-3-8)20-13-22-11(21-12(18)23-13)9-4-5-19-10(6-9)14(15,16)17/h4-8H,2-3H2,1H3,(H3,18,20,21,22,23). The molecule has 23 heavy (non-hydrogen) atoms. The molecule has 9 heteroatoms. The van der Waals surface area contributed by atoms with Crippen LogP contribution in [0.3, 0.4) is 0 Å². The highest BCUT2D eigenvalue weighted by Crippen LogP contribution is 2.34. The van der Waals surface area contributed by atoms with E-state index < -0.39 is 11.9 Å². The molecule has 1 aliphatic rings. The van der Waals surface area contributed by atoms with Gasteiger partial charge in [0.2, 0.25) is 11.9 Å². The van der Waals surface area contributed by atoms with E-state index >= 15 is 0 Å². The first-order chi connectivity index (χ1) is 10.8. The molecule has 6 nitrogen and oxygen atoms in total. The van der Waals surface area contributed by atoms with E-state index in [4.69, 9.17) is 5.73 Å². The number of nitrogens with one attached hydrogen (secondary N) is 1. The Kier molecular flexibility index (Phi) is 3.78.